The topological polar surface area (TPSA) is 95.0 Å². The summed E-state index contributed by atoms with van der Waals surface area (Å²) in [5.74, 6) is -7.20. The fraction of sp³-hybridized carbons (Fsp3) is 0.367. The number of amides is 2. The number of halogens is 6. The van der Waals surface area contributed by atoms with Crippen molar-refractivity contribution in [2.45, 2.75) is 31.0 Å². The van der Waals surface area contributed by atoms with Crippen LogP contribution in [-0.2, 0) is 11.0 Å². The summed E-state index contributed by atoms with van der Waals surface area (Å²) < 4.78 is 79.5. The van der Waals surface area contributed by atoms with E-state index in [1.54, 1.807) is 0 Å². The van der Waals surface area contributed by atoms with Crippen molar-refractivity contribution in [1.29, 1.82) is 0 Å². The first-order valence-electron chi connectivity index (χ1n) is 13.6. The number of carbonyl (C=O) groups excluding carboxylic acids is 2. The van der Waals surface area contributed by atoms with Crippen LogP contribution in [0.4, 0.5) is 33.5 Å². The second-order valence-corrected chi connectivity index (χ2v) is 11.5. The van der Waals surface area contributed by atoms with Gasteiger partial charge in [0.05, 0.1) is 24.3 Å². The Hall–Kier alpha value is -3.97. The Balaban J connectivity index is 1.56. The van der Waals surface area contributed by atoms with Gasteiger partial charge in [-0.25, -0.2) is 13.8 Å². The van der Waals surface area contributed by atoms with Gasteiger partial charge in [-0.15, -0.1) is 0 Å². The largest absolute Gasteiger partial charge is 0.497 e. The highest BCUT2D eigenvalue weighted by Crippen LogP contribution is 2.47. The number of benzene rings is 2. The molecule has 0 aliphatic carbocycles. The van der Waals surface area contributed by atoms with Crippen LogP contribution in [0.3, 0.4) is 0 Å². The van der Waals surface area contributed by atoms with Crippen LogP contribution in [-0.4, -0.2) is 60.8 Å². The van der Waals surface area contributed by atoms with Gasteiger partial charge in [0.1, 0.15) is 28.8 Å². The molecule has 5 rings (SSSR count). The second-order valence-electron chi connectivity index (χ2n) is 11.1. The average Bonchev–Trinajstić information content (AvgIpc) is 3.48. The Bertz CT molecular complexity index is 1560. The third kappa shape index (κ3) is 6.16. The molecular weight excluding hydrogens is 611 g/mol. The van der Waals surface area contributed by atoms with Gasteiger partial charge in [0.2, 0.25) is 5.91 Å². The summed E-state index contributed by atoms with van der Waals surface area (Å²) in [7, 11) is 1.21. The molecule has 2 unspecified atom stereocenters. The molecule has 3 heterocycles. The molecule has 3 atom stereocenters. The number of hydrogen-bond donors (Lipinski definition) is 2. The van der Waals surface area contributed by atoms with Crippen molar-refractivity contribution >= 4 is 34.9 Å². The van der Waals surface area contributed by atoms with Crippen molar-refractivity contribution in [2.24, 2.45) is 5.92 Å². The maximum Gasteiger partial charge on any atom is 0.421 e. The van der Waals surface area contributed by atoms with E-state index in [1.165, 1.54) is 43.2 Å². The van der Waals surface area contributed by atoms with Gasteiger partial charge in [0.15, 0.2) is 0 Å². The lowest BCUT2D eigenvalue weighted by Crippen LogP contribution is -2.37. The molecule has 8 nitrogen and oxygen atoms in total. The molecule has 0 radical (unpaired) electrons. The van der Waals surface area contributed by atoms with Gasteiger partial charge < -0.3 is 20.1 Å². The number of alkyl halides is 3. The van der Waals surface area contributed by atoms with Crippen LogP contribution in [0.25, 0.3) is 0 Å². The monoisotopic (exact) mass is 638 g/mol. The first-order valence-corrected chi connectivity index (χ1v) is 14.0. The Morgan fingerprint density at radius 3 is 2.41 bits per heavy atom. The van der Waals surface area contributed by atoms with Crippen molar-refractivity contribution in [3.63, 3.8) is 0 Å². The molecule has 2 amide bonds. The Morgan fingerprint density at radius 2 is 1.84 bits per heavy atom. The van der Waals surface area contributed by atoms with Gasteiger partial charge in [0, 0.05) is 66.6 Å². The zero-order chi connectivity index (χ0) is 32.0. The lowest BCUT2D eigenvalue weighted by atomic mass is 9.87. The predicted molar refractivity (Wildman–Crippen MR) is 152 cm³/mol. The molecule has 2 saturated heterocycles. The van der Waals surface area contributed by atoms with E-state index in [-0.39, 0.29) is 36.5 Å². The number of β-amino-alcohol motifs (C(OH)–C–C–N with tert-alkyl or cyclic N) is 1. The van der Waals surface area contributed by atoms with Crippen LogP contribution in [0.1, 0.15) is 40.7 Å². The molecule has 2 aromatic carbocycles. The van der Waals surface area contributed by atoms with Crippen molar-refractivity contribution in [3.05, 3.63) is 82.0 Å². The van der Waals surface area contributed by atoms with Gasteiger partial charge >= 0.3 is 6.18 Å². The highest BCUT2D eigenvalue weighted by atomic mass is 35.5. The zero-order valence-electron chi connectivity index (χ0n) is 23.6. The molecule has 0 bridgehead atoms. The van der Waals surface area contributed by atoms with E-state index in [2.05, 4.69) is 10.3 Å². The highest BCUT2D eigenvalue weighted by Gasteiger charge is 2.49. The summed E-state index contributed by atoms with van der Waals surface area (Å²) >= 11 is 5.88. The Labute approximate surface area is 254 Å². The molecule has 234 valence electrons. The lowest BCUT2D eigenvalue weighted by Gasteiger charge is -2.28. The minimum Gasteiger partial charge on any atom is -0.497 e. The van der Waals surface area contributed by atoms with Crippen LogP contribution in [0.15, 0.2) is 48.7 Å². The summed E-state index contributed by atoms with van der Waals surface area (Å²) in [5.41, 5.74) is -3.08. The van der Waals surface area contributed by atoms with Crippen molar-refractivity contribution in [2.75, 3.05) is 43.1 Å². The second kappa shape index (κ2) is 11.8. The van der Waals surface area contributed by atoms with Crippen LogP contribution in [0.2, 0.25) is 5.02 Å². The molecule has 2 aliphatic rings. The Morgan fingerprint density at radius 1 is 1.18 bits per heavy atom. The minimum absolute atomic E-state index is 0.0856. The number of carbonyl (C=O) groups is 2. The number of aliphatic hydroxyl groups is 1. The number of rotatable bonds is 7. The predicted octanol–water partition coefficient (Wildman–Crippen LogP) is 5.18. The number of ether oxygens (including phenoxy) is 1. The van der Waals surface area contributed by atoms with Gasteiger partial charge in [-0.05, 0) is 43.7 Å². The molecule has 2 fully saturated rings. The van der Waals surface area contributed by atoms with Crippen LogP contribution >= 0.6 is 11.6 Å². The number of nitrogens with zero attached hydrogens (tertiary/aromatic N) is 3. The third-order valence-corrected chi connectivity index (χ3v) is 8.19. The molecule has 3 aromatic rings. The van der Waals surface area contributed by atoms with Crippen LogP contribution in [0.5, 0.6) is 5.75 Å². The zero-order valence-corrected chi connectivity index (χ0v) is 24.3. The number of aromatic nitrogens is 1. The molecule has 0 saturated carbocycles. The molecule has 14 heteroatoms. The normalized spacial score (nSPS) is 22.1. The Kier molecular flexibility index (Phi) is 8.47. The number of pyridine rings is 1. The molecule has 1 aromatic heterocycles. The van der Waals surface area contributed by atoms with Gasteiger partial charge in [-0.2, -0.15) is 13.2 Å². The van der Waals surface area contributed by atoms with E-state index in [1.807, 2.05) is 0 Å². The highest BCUT2D eigenvalue weighted by molar-refractivity contribution is 6.30. The van der Waals surface area contributed by atoms with Crippen molar-refractivity contribution < 1.29 is 41.4 Å². The molecule has 0 spiro atoms. The van der Waals surface area contributed by atoms with Crippen LogP contribution < -0.4 is 19.9 Å². The molecule has 2 aliphatic heterocycles. The fourth-order valence-electron chi connectivity index (χ4n) is 5.77. The van der Waals surface area contributed by atoms with Gasteiger partial charge in [0.25, 0.3) is 5.91 Å². The third-order valence-electron chi connectivity index (χ3n) is 7.94. The van der Waals surface area contributed by atoms with Crippen molar-refractivity contribution in [1.82, 2.24) is 10.3 Å². The number of hydrogen-bond acceptors (Lipinski definition) is 6. The minimum atomic E-state index is -4.99. The summed E-state index contributed by atoms with van der Waals surface area (Å²) in [6.45, 7) is 0.549. The van der Waals surface area contributed by atoms with Gasteiger partial charge in [-0.3, -0.25) is 14.5 Å². The number of methoxy groups -OCH3 is 1. The summed E-state index contributed by atoms with van der Waals surface area (Å²) in [4.78, 5) is 32.7. The summed E-state index contributed by atoms with van der Waals surface area (Å²) in [6.07, 6.45) is -3.65. The number of anilines is 2. The van der Waals surface area contributed by atoms with E-state index in [9.17, 15) is 27.9 Å². The quantitative estimate of drug-likeness (QED) is 0.347. The van der Waals surface area contributed by atoms with Crippen molar-refractivity contribution in [3.8, 4) is 5.75 Å². The first-order chi connectivity index (χ1) is 20.7. The van der Waals surface area contributed by atoms with E-state index in [0.29, 0.717) is 5.02 Å². The first kappa shape index (κ1) is 31.5. The lowest BCUT2D eigenvalue weighted by molar-refractivity contribution is -0.136. The summed E-state index contributed by atoms with van der Waals surface area (Å²) in [6, 6.07) is 8.78. The fourth-order valence-corrected chi connectivity index (χ4v) is 5.90. The van der Waals surface area contributed by atoms with Crippen LogP contribution in [0, 0.1) is 17.6 Å². The average molecular weight is 639 g/mol. The molecule has 2 N–H and O–H groups in total. The maximum absolute atomic E-state index is 15.3. The smallest absolute Gasteiger partial charge is 0.421 e. The van der Waals surface area contributed by atoms with E-state index < -0.39 is 77.1 Å². The van der Waals surface area contributed by atoms with E-state index in [4.69, 9.17) is 16.3 Å². The SMILES string of the molecule is COc1cc(F)c([C@@H]2CN(c3nccc(N4CCC(C)(O)C4)c3C(F)(F)F)C(=O)C2CNC(=O)c2ccc(Cl)cc2)c(F)c1. The molecule has 44 heavy (non-hydrogen) atoms. The van der Waals surface area contributed by atoms with E-state index in [0.717, 1.165) is 29.3 Å². The number of nitrogens with one attached hydrogen (secondary N) is 1. The molecular formula is C30H28ClF5N4O4. The summed E-state index contributed by atoms with van der Waals surface area (Å²) in [5, 5.41) is 13.3. The maximum atomic E-state index is 15.3. The standard InChI is InChI=1S/C30H28ClF5N4O4/c1-29(43)8-10-39(15-29)23-7-9-37-26(25(23)30(34,35)36)40-14-20(24-21(32)11-18(44-2)12-22(24)33)19(28(40)42)13-38-27(41)16-3-5-17(31)6-4-16/h3-7,9,11-12,19-20,43H,8,10,13-15H2,1-2H3,(H,38,41)/t19?,20-,29?/m1/s1. The van der Waals surface area contributed by atoms with Gasteiger partial charge in [-0.1, -0.05) is 11.6 Å². The van der Waals surface area contributed by atoms with E-state index >= 15 is 8.78 Å².